The number of hydrogen-bond acceptors (Lipinski definition) is 3. The van der Waals surface area contributed by atoms with Gasteiger partial charge in [0, 0.05) is 12.6 Å². The lowest BCUT2D eigenvalue weighted by atomic mass is 10.1. The highest BCUT2D eigenvalue weighted by Crippen LogP contribution is 2.34. The minimum Gasteiger partial charge on any atom is -0.396 e. The van der Waals surface area contributed by atoms with Gasteiger partial charge in [0.25, 0.3) is 0 Å². The van der Waals surface area contributed by atoms with E-state index in [4.69, 9.17) is 5.11 Å². The minimum atomic E-state index is -3.16. The molecule has 0 bridgehead atoms. The van der Waals surface area contributed by atoms with Gasteiger partial charge in [0.15, 0.2) is 0 Å². The van der Waals surface area contributed by atoms with E-state index in [0.717, 1.165) is 12.8 Å². The molecule has 16 heavy (non-hydrogen) atoms. The van der Waals surface area contributed by atoms with Crippen LogP contribution in [0.15, 0.2) is 0 Å². The molecule has 2 N–H and O–H groups in total. The fourth-order valence-electron chi connectivity index (χ4n) is 1.71. The topological polar surface area (TPSA) is 66.4 Å². The lowest BCUT2D eigenvalue weighted by molar-refractivity contribution is 0.265. The summed E-state index contributed by atoms with van der Waals surface area (Å²) in [6.07, 6.45) is 3.38. The van der Waals surface area contributed by atoms with Crippen molar-refractivity contribution in [3.8, 4) is 0 Å². The van der Waals surface area contributed by atoms with Crippen LogP contribution in [0.4, 0.5) is 0 Å². The third-order valence-corrected chi connectivity index (χ3v) is 4.36. The molecule has 1 fully saturated rings. The molecule has 0 aromatic rings. The Morgan fingerprint density at radius 3 is 2.38 bits per heavy atom. The highest BCUT2D eigenvalue weighted by molar-refractivity contribution is 7.89. The van der Waals surface area contributed by atoms with Crippen molar-refractivity contribution < 1.29 is 13.5 Å². The van der Waals surface area contributed by atoms with Gasteiger partial charge in [-0.05, 0) is 37.5 Å². The molecule has 0 amide bonds. The Bertz CT molecular complexity index is 296. The average Bonchev–Trinajstić information content (AvgIpc) is 2.97. The van der Waals surface area contributed by atoms with Crippen LogP contribution in [0.2, 0.25) is 0 Å². The molecular weight excluding hydrogens is 226 g/mol. The first kappa shape index (κ1) is 13.9. The molecule has 1 aliphatic carbocycles. The zero-order chi connectivity index (χ0) is 12.2. The predicted molar refractivity (Wildman–Crippen MR) is 64.6 cm³/mol. The molecular formula is C11H23NO3S. The molecule has 1 atom stereocenters. The molecule has 0 heterocycles. The SMILES string of the molecule is CC(C)CCS(=O)(=O)NC(CCO)C1CC1. The van der Waals surface area contributed by atoms with E-state index < -0.39 is 10.0 Å². The second-order valence-corrected chi connectivity index (χ2v) is 6.95. The number of sulfonamides is 1. The fraction of sp³-hybridized carbons (Fsp3) is 1.00. The van der Waals surface area contributed by atoms with Crippen LogP contribution in [-0.2, 0) is 10.0 Å². The van der Waals surface area contributed by atoms with Crippen LogP contribution in [0, 0.1) is 11.8 Å². The zero-order valence-electron chi connectivity index (χ0n) is 10.1. The lowest BCUT2D eigenvalue weighted by Gasteiger charge is -2.17. The number of hydrogen-bond donors (Lipinski definition) is 2. The Labute approximate surface area is 98.5 Å². The molecule has 4 nitrogen and oxygen atoms in total. The molecule has 1 rings (SSSR count). The minimum absolute atomic E-state index is 0.0495. The van der Waals surface area contributed by atoms with Crippen molar-refractivity contribution >= 4 is 10.0 Å². The Balaban J connectivity index is 2.42. The maximum atomic E-state index is 11.8. The summed E-state index contributed by atoms with van der Waals surface area (Å²) in [4.78, 5) is 0. The summed E-state index contributed by atoms with van der Waals surface area (Å²) in [7, 11) is -3.16. The smallest absolute Gasteiger partial charge is 0.211 e. The number of aliphatic hydroxyl groups is 1. The maximum Gasteiger partial charge on any atom is 0.211 e. The number of aliphatic hydroxyl groups excluding tert-OH is 1. The Kier molecular flexibility index (Phi) is 5.21. The summed E-state index contributed by atoms with van der Waals surface area (Å²) in [5, 5.41) is 8.89. The molecule has 0 spiro atoms. The molecule has 1 aliphatic rings. The lowest BCUT2D eigenvalue weighted by Crippen LogP contribution is -2.38. The van der Waals surface area contributed by atoms with Crippen LogP contribution in [0.3, 0.4) is 0 Å². The molecule has 0 aliphatic heterocycles. The summed E-state index contributed by atoms with van der Waals surface area (Å²) in [6, 6.07) is -0.0536. The molecule has 0 radical (unpaired) electrons. The second-order valence-electron chi connectivity index (χ2n) is 5.08. The van der Waals surface area contributed by atoms with Crippen LogP contribution >= 0.6 is 0 Å². The number of nitrogens with one attached hydrogen (secondary N) is 1. The van der Waals surface area contributed by atoms with Crippen LogP contribution in [-0.4, -0.2) is 31.9 Å². The molecule has 1 unspecified atom stereocenters. The Morgan fingerprint density at radius 2 is 1.94 bits per heavy atom. The van der Waals surface area contributed by atoms with E-state index in [9.17, 15) is 8.42 Å². The average molecular weight is 249 g/mol. The van der Waals surface area contributed by atoms with Crippen molar-refractivity contribution in [2.45, 2.75) is 45.6 Å². The van der Waals surface area contributed by atoms with Crippen molar-refractivity contribution in [3.63, 3.8) is 0 Å². The zero-order valence-corrected chi connectivity index (χ0v) is 11.0. The van der Waals surface area contributed by atoms with Crippen LogP contribution in [0.1, 0.15) is 39.5 Å². The summed E-state index contributed by atoms with van der Waals surface area (Å²) >= 11 is 0. The van der Waals surface area contributed by atoms with E-state index in [1.807, 2.05) is 13.8 Å². The van der Waals surface area contributed by atoms with Gasteiger partial charge in [0.05, 0.1) is 5.75 Å². The normalized spacial score (nSPS) is 19.0. The third-order valence-electron chi connectivity index (χ3n) is 2.93. The first-order valence-corrected chi connectivity index (χ1v) is 7.70. The van der Waals surface area contributed by atoms with Gasteiger partial charge in [0.2, 0.25) is 10.0 Å². The quantitative estimate of drug-likeness (QED) is 0.677. The summed E-state index contributed by atoms with van der Waals surface area (Å²) in [5.74, 6) is 1.04. The van der Waals surface area contributed by atoms with Gasteiger partial charge in [-0.1, -0.05) is 13.8 Å². The molecule has 0 aromatic heterocycles. The summed E-state index contributed by atoms with van der Waals surface area (Å²) in [6.45, 7) is 4.08. The van der Waals surface area contributed by atoms with Crippen LogP contribution < -0.4 is 4.72 Å². The van der Waals surface area contributed by atoms with Gasteiger partial charge in [-0.3, -0.25) is 0 Å². The molecule has 0 aromatic carbocycles. The molecule has 96 valence electrons. The number of rotatable bonds is 8. The van der Waals surface area contributed by atoms with E-state index >= 15 is 0 Å². The third kappa shape index (κ3) is 5.27. The second kappa shape index (κ2) is 5.98. The van der Waals surface area contributed by atoms with Gasteiger partial charge in [0.1, 0.15) is 0 Å². The van der Waals surface area contributed by atoms with Crippen molar-refractivity contribution in [1.29, 1.82) is 0 Å². The first-order chi connectivity index (χ1) is 7.44. The molecule has 1 saturated carbocycles. The van der Waals surface area contributed by atoms with Gasteiger partial charge in [-0.15, -0.1) is 0 Å². The monoisotopic (exact) mass is 249 g/mol. The van der Waals surface area contributed by atoms with E-state index in [1.165, 1.54) is 0 Å². The highest BCUT2D eigenvalue weighted by Gasteiger charge is 2.33. The van der Waals surface area contributed by atoms with Gasteiger partial charge in [-0.25, -0.2) is 13.1 Å². The Morgan fingerprint density at radius 1 is 1.31 bits per heavy atom. The van der Waals surface area contributed by atoms with Crippen LogP contribution in [0.5, 0.6) is 0 Å². The van der Waals surface area contributed by atoms with Crippen molar-refractivity contribution in [1.82, 2.24) is 4.72 Å². The van der Waals surface area contributed by atoms with Gasteiger partial charge >= 0.3 is 0 Å². The summed E-state index contributed by atoms with van der Waals surface area (Å²) < 4.78 is 26.2. The van der Waals surface area contributed by atoms with Gasteiger partial charge < -0.3 is 5.11 Å². The van der Waals surface area contributed by atoms with Crippen molar-refractivity contribution in [2.75, 3.05) is 12.4 Å². The predicted octanol–water partition coefficient (Wildman–Crippen LogP) is 1.11. The van der Waals surface area contributed by atoms with Gasteiger partial charge in [-0.2, -0.15) is 0 Å². The van der Waals surface area contributed by atoms with E-state index in [0.29, 0.717) is 24.7 Å². The van der Waals surface area contributed by atoms with E-state index in [1.54, 1.807) is 0 Å². The maximum absolute atomic E-state index is 11.8. The Hall–Kier alpha value is -0.130. The van der Waals surface area contributed by atoms with Crippen LogP contribution in [0.25, 0.3) is 0 Å². The molecule has 5 heteroatoms. The van der Waals surface area contributed by atoms with E-state index in [-0.39, 0.29) is 18.4 Å². The first-order valence-electron chi connectivity index (χ1n) is 6.05. The molecule has 0 saturated heterocycles. The van der Waals surface area contributed by atoms with Crippen molar-refractivity contribution in [2.24, 2.45) is 11.8 Å². The highest BCUT2D eigenvalue weighted by atomic mass is 32.2. The largest absolute Gasteiger partial charge is 0.396 e. The summed E-state index contributed by atoms with van der Waals surface area (Å²) in [5.41, 5.74) is 0. The standard InChI is InChI=1S/C11H23NO3S/c1-9(2)6-8-16(14,15)12-11(5-7-13)10-3-4-10/h9-13H,3-8H2,1-2H3. The van der Waals surface area contributed by atoms with Crippen molar-refractivity contribution in [3.05, 3.63) is 0 Å². The fourth-order valence-corrected chi connectivity index (χ4v) is 3.38. The van der Waals surface area contributed by atoms with E-state index in [2.05, 4.69) is 4.72 Å².